The Kier molecular flexibility index (Phi) is 6.24. The predicted octanol–water partition coefficient (Wildman–Crippen LogP) is 1.89. The van der Waals surface area contributed by atoms with Gasteiger partial charge in [0.1, 0.15) is 5.82 Å². The van der Waals surface area contributed by atoms with E-state index >= 15 is 0 Å². The van der Waals surface area contributed by atoms with Gasteiger partial charge in [0.2, 0.25) is 0 Å². The Hall–Kier alpha value is -1.82. The second-order valence-electron chi connectivity index (χ2n) is 5.18. The largest absolute Gasteiger partial charge is 0.478 e. The van der Waals surface area contributed by atoms with Crippen LogP contribution in [0.1, 0.15) is 37.0 Å². The van der Waals surface area contributed by atoms with E-state index in [1.807, 2.05) is 0 Å². The van der Waals surface area contributed by atoms with Gasteiger partial charge >= 0.3 is 5.97 Å². The fraction of sp³-hybridized carbons (Fsp3) is 0.571. The number of aromatic carboxylic acids is 1. The molecule has 0 fully saturated rings. The molecule has 0 aromatic carbocycles. The summed E-state index contributed by atoms with van der Waals surface area (Å²) in [5.41, 5.74) is 6.23. The molecule has 1 heterocycles. The zero-order chi connectivity index (χ0) is 15.1. The number of nitrogens with zero attached hydrogens (tertiary/aromatic N) is 2. The number of anilines is 2. The lowest BCUT2D eigenvalue weighted by Gasteiger charge is -2.20. The summed E-state index contributed by atoms with van der Waals surface area (Å²) in [5.74, 6) is -0.473. The number of nitrogen functional groups attached to an aromatic ring is 1. The number of nitrogens with two attached hydrogens (primary N) is 1. The Morgan fingerprint density at radius 3 is 2.75 bits per heavy atom. The van der Waals surface area contributed by atoms with Crippen LogP contribution in [0, 0.1) is 0 Å². The van der Waals surface area contributed by atoms with E-state index in [1.54, 1.807) is 0 Å². The fourth-order valence-electron chi connectivity index (χ4n) is 1.70. The number of hydrogen-bond acceptors (Lipinski definition) is 5. The molecule has 0 unspecified atom stereocenters. The van der Waals surface area contributed by atoms with Crippen molar-refractivity contribution < 1.29 is 9.90 Å². The van der Waals surface area contributed by atoms with Crippen molar-refractivity contribution >= 4 is 17.5 Å². The maximum Gasteiger partial charge on any atom is 0.337 e. The van der Waals surface area contributed by atoms with Crippen LogP contribution in [0.3, 0.4) is 0 Å². The lowest BCUT2D eigenvalue weighted by Crippen LogP contribution is -2.27. The number of carboxylic acids is 1. The second kappa shape index (κ2) is 7.69. The number of pyridine rings is 1. The van der Waals surface area contributed by atoms with E-state index < -0.39 is 5.97 Å². The van der Waals surface area contributed by atoms with Gasteiger partial charge in [-0.25, -0.2) is 9.78 Å². The Morgan fingerprint density at radius 1 is 1.50 bits per heavy atom. The molecule has 1 aromatic heterocycles. The van der Waals surface area contributed by atoms with Gasteiger partial charge in [-0.05, 0) is 46.3 Å². The molecule has 6 nitrogen and oxygen atoms in total. The van der Waals surface area contributed by atoms with Gasteiger partial charge in [0.25, 0.3) is 0 Å². The van der Waals surface area contributed by atoms with E-state index in [1.165, 1.54) is 12.3 Å². The smallest absolute Gasteiger partial charge is 0.337 e. The number of rotatable bonds is 8. The van der Waals surface area contributed by atoms with Crippen molar-refractivity contribution in [3.05, 3.63) is 17.8 Å². The molecule has 0 saturated carbocycles. The number of carboxylic acid groups (broad SMARTS) is 1. The van der Waals surface area contributed by atoms with Crippen LogP contribution in [-0.4, -0.2) is 47.1 Å². The van der Waals surface area contributed by atoms with Gasteiger partial charge in [-0.3, -0.25) is 0 Å². The van der Waals surface area contributed by atoms with Gasteiger partial charge in [-0.2, -0.15) is 0 Å². The van der Waals surface area contributed by atoms with Crippen molar-refractivity contribution in [2.75, 3.05) is 31.2 Å². The maximum absolute atomic E-state index is 10.8. The molecule has 0 radical (unpaired) electrons. The molecule has 20 heavy (non-hydrogen) atoms. The minimum absolute atomic E-state index is 0.103. The van der Waals surface area contributed by atoms with Crippen LogP contribution in [0.25, 0.3) is 0 Å². The minimum Gasteiger partial charge on any atom is -0.478 e. The van der Waals surface area contributed by atoms with Crippen LogP contribution in [0.4, 0.5) is 11.5 Å². The molecule has 112 valence electrons. The van der Waals surface area contributed by atoms with Crippen LogP contribution >= 0.6 is 0 Å². The highest BCUT2D eigenvalue weighted by molar-refractivity contribution is 5.89. The molecule has 0 bridgehead atoms. The standard InChI is InChI=1S/C14H24N4O2/c1-10(2)18(3)7-5-4-6-16-13-12(15)8-11(9-17-13)14(19)20/h8-10H,4-7,15H2,1-3H3,(H,16,17)(H,19,20). The Morgan fingerprint density at radius 2 is 2.20 bits per heavy atom. The van der Waals surface area contributed by atoms with Crippen LogP contribution in [0.5, 0.6) is 0 Å². The minimum atomic E-state index is -1.02. The molecule has 0 saturated heterocycles. The van der Waals surface area contributed by atoms with Crippen molar-refractivity contribution in [3.63, 3.8) is 0 Å². The lowest BCUT2D eigenvalue weighted by molar-refractivity contribution is 0.0696. The van der Waals surface area contributed by atoms with E-state index in [9.17, 15) is 4.79 Å². The zero-order valence-electron chi connectivity index (χ0n) is 12.4. The summed E-state index contributed by atoms with van der Waals surface area (Å²) in [7, 11) is 2.11. The van der Waals surface area contributed by atoms with Gasteiger partial charge in [-0.1, -0.05) is 0 Å². The van der Waals surface area contributed by atoms with Gasteiger partial charge in [-0.15, -0.1) is 0 Å². The predicted molar refractivity (Wildman–Crippen MR) is 81.1 cm³/mol. The normalized spacial score (nSPS) is 11.1. The van der Waals surface area contributed by atoms with Crippen LogP contribution < -0.4 is 11.1 Å². The van der Waals surface area contributed by atoms with Crippen LogP contribution in [-0.2, 0) is 0 Å². The molecule has 0 spiro atoms. The topological polar surface area (TPSA) is 91.5 Å². The first-order valence-electron chi connectivity index (χ1n) is 6.84. The third-order valence-electron chi connectivity index (χ3n) is 3.28. The van der Waals surface area contributed by atoms with E-state index in [0.29, 0.717) is 17.5 Å². The van der Waals surface area contributed by atoms with E-state index in [0.717, 1.165) is 25.9 Å². The number of unbranched alkanes of at least 4 members (excludes halogenated alkanes) is 1. The lowest BCUT2D eigenvalue weighted by atomic mass is 10.2. The van der Waals surface area contributed by atoms with Crippen LogP contribution in [0.15, 0.2) is 12.3 Å². The first-order valence-corrected chi connectivity index (χ1v) is 6.84. The fourth-order valence-corrected chi connectivity index (χ4v) is 1.70. The summed E-state index contributed by atoms with van der Waals surface area (Å²) in [4.78, 5) is 17.1. The van der Waals surface area contributed by atoms with E-state index in [2.05, 4.69) is 36.1 Å². The molecule has 1 rings (SSSR count). The average molecular weight is 280 g/mol. The van der Waals surface area contributed by atoms with Gasteiger partial charge in [0, 0.05) is 18.8 Å². The molecule has 4 N–H and O–H groups in total. The number of aromatic nitrogens is 1. The molecular formula is C14H24N4O2. The third-order valence-corrected chi connectivity index (χ3v) is 3.28. The zero-order valence-corrected chi connectivity index (χ0v) is 12.4. The molecule has 0 aliphatic heterocycles. The second-order valence-corrected chi connectivity index (χ2v) is 5.18. The quantitative estimate of drug-likeness (QED) is 0.630. The van der Waals surface area contributed by atoms with E-state index in [4.69, 9.17) is 10.8 Å². The number of nitrogens with one attached hydrogen (secondary N) is 1. The first-order chi connectivity index (χ1) is 9.41. The maximum atomic E-state index is 10.8. The van der Waals surface area contributed by atoms with Gasteiger partial charge < -0.3 is 21.1 Å². The van der Waals surface area contributed by atoms with Crippen molar-refractivity contribution in [1.29, 1.82) is 0 Å². The molecule has 0 aliphatic carbocycles. The average Bonchev–Trinajstić information content (AvgIpc) is 2.39. The van der Waals surface area contributed by atoms with E-state index in [-0.39, 0.29) is 5.56 Å². The molecular weight excluding hydrogens is 256 g/mol. The first kappa shape index (κ1) is 16.2. The van der Waals surface area contributed by atoms with Crippen molar-refractivity contribution in [1.82, 2.24) is 9.88 Å². The van der Waals surface area contributed by atoms with Gasteiger partial charge in [0.15, 0.2) is 0 Å². The summed E-state index contributed by atoms with van der Waals surface area (Å²) in [5, 5.41) is 12.0. The van der Waals surface area contributed by atoms with Crippen molar-refractivity contribution in [3.8, 4) is 0 Å². The summed E-state index contributed by atoms with van der Waals surface area (Å²) in [6.07, 6.45) is 3.42. The molecule has 0 amide bonds. The van der Waals surface area contributed by atoms with Crippen molar-refractivity contribution in [2.24, 2.45) is 0 Å². The van der Waals surface area contributed by atoms with Crippen LogP contribution in [0.2, 0.25) is 0 Å². The molecule has 0 aliphatic rings. The van der Waals surface area contributed by atoms with Crippen molar-refractivity contribution in [2.45, 2.75) is 32.7 Å². The Bertz CT molecular complexity index is 449. The molecule has 6 heteroatoms. The highest BCUT2D eigenvalue weighted by atomic mass is 16.4. The summed E-state index contributed by atoms with van der Waals surface area (Å²) in [6.45, 7) is 6.18. The monoisotopic (exact) mass is 280 g/mol. The van der Waals surface area contributed by atoms with Gasteiger partial charge in [0.05, 0.1) is 11.3 Å². The highest BCUT2D eigenvalue weighted by Crippen LogP contribution is 2.16. The summed E-state index contributed by atoms with van der Waals surface area (Å²) >= 11 is 0. The summed E-state index contributed by atoms with van der Waals surface area (Å²) < 4.78 is 0. The number of hydrogen-bond donors (Lipinski definition) is 3. The highest BCUT2D eigenvalue weighted by Gasteiger charge is 2.07. The Labute approximate surface area is 120 Å². The number of carbonyl (C=O) groups is 1. The summed E-state index contributed by atoms with van der Waals surface area (Å²) in [6, 6.07) is 1.98. The SMILES string of the molecule is CC(C)N(C)CCCCNc1ncc(C(=O)O)cc1N. The third kappa shape index (κ3) is 5.05. The Balaban J connectivity index is 2.34. The molecule has 1 aromatic rings. The molecule has 0 atom stereocenters.